The Morgan fingerprint density at radius 1 is 1.28 bits per heavy atom. The molecular formula is C17H18N4O3S. The number of aromatic nitrogens is 1. The predicted octanol–water partition coefficient (Wildman–Crippen LogP) is 1.07. The zero-order valence-electron chi connectivity index (χ0n) is 13.8. The summed E-state index contributed by atoms with van der Waals surface area (Å²) >= 11 is 1.35. The zero-order chi connectivity index (χ0) is 17.8. The Morgan fingerprint density at radius 3 is 2.64 bits per heavy atom. The van der Waals surface area contributed by atoms with Crippen molar-refractivity contribution in [3.8, 4) is 0 Å². The van der Waals surface area contributed by atoms with E-state index in [1.54, 1.807) is 40.8 Å². The maximum absolute atomic E-state index is 12.1. The standard InChI is InChI=1S/C17H18N4O3S/c1-20-9-10-25-17(20)19-14(22)11-18-16(24)12-4-6-13(7-5-12)21-8-2-3-15(21)23/h4-7,9-10H,2-3,8,11H2,1H3,(H,18,24). The van der Waals surface area contributed by atoms with Crippen molar-refractivity contribution in [2.75, 3.05) is 18.0 Å². The minimum Gasteiger partial charge on any atom is -0.343 e. The van der Waals surface area contributed by atoms with Gasteiger partial charge in [0.25, 0.3) is 11.8 Å². The number of aryl methyl sites for hydroxylation is 1. The van der Waals surface area contributed by atoms with Gasteiger partial charge in [0.2, 0.25) is 5.91 Å². The summed E-state index contributed by atoms with van der Waals surface area (Å²) in [7, 11) is 1.80. The second kappa shape index (κ2) is 7.43. The molecule has 7 nitrogen and oxygen atoms in total. The van der Waals surface area contributed by atoms with Crippen molar-refractivity contribution in [2.45, 2.75) is 12.8 Å². The summed E-state index contributed by atoms with van der Waals surface area (Å²) in [6, 6.07) is 6.79. The van der Waals surface area contributed by atoms with Gasteiger partial charge in [-0.15, -0.1) is 11.3 Å². The first-order valence-electron chi connectivity index (χ1n) is 7.91. The maximum atomic E-state index is 12.1. The van der Waals surface area contributed by atoms with Crippen molar-refractivity contribution in [3.05, 3.63) is 46.2 Å². The van der Waals surface area contributed by atoms with Crippen LogP contribution in [0.15, 0.2) is 40.8 Å². The number of rotatable bonds is 4. The van der Waals surface area contributed by atoms with E-state index >= 15 is 0 Å². The molecule has 2 heterocycles. The Bertz CT molecular complexity index is 867. The fourth-order valence-electron chi connectivity index (χ4n) is 2.55. The summed E-state index contributed by atoms with van der Waals surface area (Å²) in [5, 5.41) is 4.39. The third-order valence-corrected chi connectivity index (χ3v) is 4.74. The van der Waals surface area contributed by atoms with Gasteiger partial charge in [-0.3, -0.25) is 14.4 Å². The van der Waals surface area contributed by atoms with Crippen LogP contribution in [-0.2, 0) is 16.6 Å². The van der Waals surface area contributed by atoms with Gasteiger partial charge in [-0.05, 0) is 30.7 Å². The van der Waals surface area contributed by atoms with Gasteiger partial charge < -0.3 is 14.8 Å². The second-order valence-corrected chi connectivity index (χ2v) is 6.55. The lowest BCUT2D eigenvalue weighted by Gasteiger charge is -2.15. The normalized spacial score (nSPS) is 14.8. The van der Waals surface area contributed by atoms with E-state index < -0.39 is 5.91 Å². The van der Waals surface area contributed by atoms with Gasteiger partial charge in [-0.1, -0.05) is 0 Å². The van der Waals surface area contributed by atoms with Crippen molar-refractivity contribution < 1.29 is 14.4 Å². The molecule has 0 aliphatic carbocycles. The van der Waals surface area contributed by atoms with Gasteiger partial charge in [0.15, 0.2) is 4.80 Å². The third-order valence-electron chi connectivity index (χ3n) is 3.89. The lowest BCUT2D eigenvalue weighted by atomic mass is 10.2. The van der Waals surface area contributed by atoms with Crippen LogP contribution in [0.1, 0.15) is 23.2 Å². The smallest absolute Gasteiger partial charge is 0.267 e. The van der Waals surface area contributed by atoms with Gasteiger partial charge >= 0.3 is 0 Å². The summed E-state index contributed by atoms with van der Waals surface area (Å²) in [4.78, 5) is 41.9. The van der Waals surface area contributed by atoms with E-state index in [-0.39, 0.29) is 18.4 Å². The van der Waals surface area contributed by atoms with Crippen LogP contribution in [-0.4, -0.2) is 35.4 Å². The molecule has 1 N–H and O–H groups in total. The SMILES string of the molecule is Cn1ccsc1=NC(=O)CNC(=O)c1ccc(N2CCCC2=O)cc1. The average Bonchev–Trinajstić information content (AvgIpc) is 3.21. The molecule has 1 fully saturated rings. The van der Waals surface area contributed by atoms with Crippen LogP contribution in [0.4, 0.5) is 5.69 Å². The summed E-state index contributed by atoms with van der Waals surface area (Å²) in [6.07, 6.45) is 3.23. The number of hydrogen-bond donors (Lipinski definition) is 1. The molecule has 25 heavy (non-hydrogen) atoms. The van der Waals surface area contributed by atoms with E-state index in [1.807, 2.05) is 11.6 Å². The van der Waals surface area contributed by atoms with Gasteiger partial charge in [-0.2, -0.15) is 4.99 Å². The van der Waals surface area contributed by atoms with Crippen LogP contribution in [0, 0.1) is 0 Å². The van der Waals surface area contributed by atoms with Crippen LogP contribution in [0.25, 0.3) is 0 Å². The maximum Gasteiger partial charge on any atom is 0.267 e. The van der Waals surface area contributed by atoms with Crippen molar-refractivity contribution in [1.29, 1.82) is 0 Å². The average molecular weight is 358 g/mol. The zero-order valence-corrected chi connectivity index (χ0v) is 14.6. The second-order valence-electron chi connectivity index (χ2n) is 5.68. The third kappa shape index (κ3) is 4.03. The summed E-state index contributed by atoms with van der Waals surface area (Å²) in [5.41, 5.74) is 1.22. The fraction of sp³-hybridized carbons (Fsp3) is 0.294. The van der Waals surface area contributed by atoms with Gasteiger partial charge in [0, 0.05) is 42.8 Å². The summed E-state index contributed by atoms with van der Waals surface area (Å²) in [6.45, 7) is 0.545. The molecule has 1 aromatic carbocycles. The van der Waals surface area contributed by atoms with E-state index in [4.69, 9.17) is 0 Å². The van der Waals surface area contributed by atoms with Crippen LogP contribution in [0.2, 0.25) is 0 Å². The lowest BCUT2D eigenvalue weighted by molar-refractivity contribution is -0.117. The Balaban J connectivity index is 1.59. The largest absolute Gasteiger partial charge is 0.343 e. The summed E-state index contributed by atoms with van der Waals surface area (Å²) < 4.78 is 1.74. The quantitative estimate of drug-likeness (QED) is 0.887. The highest BCUT2D eigenvalue weighted by Gasteiger charge is 2.21. The van der Waals surface area contributed by atoms with E-state index in [0.29, 0.717) is 23.3 Å². The monoisotopic (exact) mass is 358 g/mol. The molecule has 0 bridgehead atoms. The molecule has 130 valence electrons. The molecule has 8 heteroatoms. The number of carbonyl (C=O) groups excluding carboxylic acids is 3. The number of benzene rings is 1. The highest BCUT2D eigenvalue weighted by atomic mass is 32.1. The predicted molar refractivity (Wildman–Crippen MR) is 94.2 cm³/mol. The first-order chi connectivity index (χ1) is 12.0. The molecule has 2 aromatic rings. The molecule has 3 amide bonds. The minimum atomic E-state index is -0.411. The molecular weight excluding hydrogens is 340 g/mol. The minimum absolute atomic E-state index is 0.103. The number of nitrogens with zero attached hydrogens (tertiary/aromatic N) is 3. The number of carbonyl (C=O) groups is 3. The number of amides is 3. The highest BCUT2D eigenvalue weighted by molar-refractivity contribution is 7.07. The van der Waals surface area contributed by atoms with E-state index in [2.05, 4.69) is 10.3 Å². The van der Waals surface area contributed by atoms with Crippen LogP contribution < -0.4 is 15.0 Å². The number of nitrogens with one attached hydrogen (secondary N) is 1. The van der Waals surface area contributed by atoms with Crippen molar-refractivity contribution in [2.24, 2.45) is 12.0 Å². The Labute approximate surface area is 148 Å². The van der Waals surface area contributed by atoms with Gasteiger partial charge in [0.1, 0.15) is 0 Å². The summed E-state index contributed by atoms with van der Waals surface area (Å²) in [5.74, 6) is -0.657. The first-order valence-corrected chi connectivity index (χ1v) is 8.79. The Hall–Kier alpha value is -2.74. The highest BCUT2D eigenvalue weighted by Crippen LogP contribution is 2.21. The Kier molecular flexibility index (Phi) is 5.08. The molecule has 1 aliphatic rings. The van der Waals surface area contributed by atoms with Crippen LogP contribution in [0.5, 0.6) is 0 Å². The molecule has 0 radical (unpaired) electrons. The van der Waals surface area contributed by atoms with E-state index in [0.717, 1.165) is 12.1 Å². The number of thiazole rings is 1. The molecule has 0 saturated carbocycles. The number of anilines is 1. The van der Waals surface area contributed by atoms with E-state index in [1.165, 1.54) is 11.3 Å². The lowest BCUT2D eigenvalue weighted by Crippen LogP contribution is -2.30. The van der Waals surface area contributed by atoms with Gasteiger partial charge in [0.05, 0.1) is 6.54 Å². The molecule has 1 aliphatic heterocycles. The van der Waals surface area contributed by atoms with E-state index in [9.17, 15) is 14.4 Å². The molecule has 0 unspecified atom stereocenters. The topological polar surface area (TPSA) is 83.8 Å². The first kappa shape index (κ1) is 17.1. The Morgan fingerprint density at radius 2 is 2.04 bits per heavy atom. The van der Waals surface area contributed by atoms with Crippen molar-refractivity contribution >= 4 is 34.7 Å². The molecule has 1 aromatic heterocycles. The molecule has 0 spiro atoms. The van der Waals surface area contributed by atoms with Crippen LogP contribution >= 0.6 is 11.3 Å². The van der Waals surface area contributed by atoms with Gasteiger partial charge in [-0.25, -0.2) is 0 Å². The molecule has 1 saturated heterocycles. The van der Waals surface area contributed by atoms with Crippen molar-refractivity contribution in [1.82, 2.24) is 9.88 Å². The molecule has 3 rings (SSSR count). The van der Waals surface area contributed by atoms with Crippen molar-refractivity contribution in [3.63, 3.8) is 0 Å². The fourth-order valence-corrected chi connectivity index (χ4v) is 3.30. The molecule has 0 atom stereocenters. The number of hydrogen-bond acceptors (Lipinski definition) is 4. The van der Waals surface area contributed by atoms with Crippen LogP contribution in [0.3, 0.4) is 0 Å².